The molecule has 1 saturated heterocycles. The number of carboxylic acids is 1. The maximum atomic E-state index is 12.2. The van der Waals surface area contributed by atoms with E-state index < -0.39 is 38.4 Å². The van der Waals surface area contributed by atoms with Crippen LogP contribution in [0.25, 0.3) is 0 Å². The molecule has 1 heterocycles. The number of aliphatic carboxylic acids is 1. The number of carboxylic acid groups (broad SMARTS) is 1. The van der Waals surface area contributed by atoms with Crippen molar-refractivity contribution in [1.82, 2.24) is 5.32 Å². The van der Waals surface area contributed by atoms with Crippen molar-refractivity contribution >= 4 is 21.7 Å². The Morgan fingerprint density at radius 3 is 2.35 bits per heavy atom. The summed E-state index contributed by atoms with van der Waals surface area (Å²) in [6.45, 7) is 5.45. The molecule has 0 radical (unpaired) electrons. The van der Waals surface area contributed by atoms with Gasteiger partial charge in [-0.1, -0.05) is 27.2 Å². The van der Waals surface area contributed by atoms with Crippen molar-refractivity contribution in [3.63, 3.8) is 0 Å². The zero-order chi connectivity index (χ0) is 15.6. The van der Waals surface area contributed by atoms with Crippen molar-refractivity contribution < 1.29 is 23.1 Å². The van der Waals surface area contributed by atoms with Gasteiger partial charge in [0.05, 0.1) is 12.2 Å². The molecule has 7 heteroatoms. The lowest BCUT2D eigenvalue weighted by molar-refractivity contribution is -0.138. The molecule has 20 heavy (non-hydrogen) atoms. The summed E-state index contributed by atoms with van der Waals surface area (Å²) in [4.78, 5) is 23.0. The maximum absolute atomic E-state index is 12.2. The predicted octanol–water partition coefficient (Wildman–Crippen LogP) is 0.959. The van der Waals surface area contributed by atoms with Crippen LogP contribution in [0.3, 0.4) is 0 Å². The van der Waals surface area contributed by atoms with Crippen LogP contribution in [0.4, 0.5) is 0 Å². The molecule has 0 aromatic carbocycles. The first-order chi connectivity index (χ1) is 9.04. The number of carbonyl (C=O) groups excluding carboxylic acids is 1. The number of hydrogen-bond acceptors (Lipinski definition) is 4. The Morgan fingerprint density at radius 2 is 1.90 bits per heavy atom. The zero-order valence-corrected chi connectivity index (χ0v) is 13.0. The Bertz CT molecular complexity index is 477. The van der Waals surface area contributed by atoms with E-state index >= 15 is 0 Å². The van der Waals surface area contributed by atoms with E-state index in [2.05, 4.69) is 5.32 Å². The summed E-state index contributed by atoms with van der Waals surface area (Å²) in [7, 11) is -3.40. The molecule has 0 bridgehead atoms. The van der Waals surface area contributed by atoms with Crippen LogP contribution in [0.15, 0.2) is 0 Å². The number of rotatable bonds is 4. The molecule has 1 aliphatic heterocycles. The van der Waals surface area contributed by atoms with E-state index in [0.717, 1.165) is 0 Å². The maximum Gasteiger partial charge on any atom is 0.305 e. The van der Waals surface area contributed by atoms with Crippen LogP contribution >= 0.6 is 0 Å². The van der Waals surface area contributed by atoms with Gasteiger partial charge in [0, 0.05) is 6.04 Å². The molecule has 0 aliphatic carbocycles. The summed E-state index contributed by atoms with van der Waals surface area (Å²) in [5.41, 5.74) is -0.452. The van der Waals surface area contributed by atoms with Gasteiger partial charge < -0.3 is 10.4 Å². The molecule has 0 spiro atoms. The van der Waals surface area contributed by atoms with Gasteiger partial charge >= 0.3 is 5.97 Å². The Balaban J connectivity index is 2.83. The number of sulfone groups is 1. The second kappa shape index (κ2) is 6.11. The molecule has 1 aliphatic rings. The highest BCUT2D eigenvalue weighted by molar-refractivity contribution is 7.92. The molecule has 0 aromatic heterocycles. The monoisotopic (exact) mass is 305 g/mol. The van der Waals surface area contributed by atoms with Crippen molar-refractivity contribution in [3.05, 3.63) is 0 Å². The lowest BCUT2D eigenvalue weighted by Gasteiger charge is -2.32. The Kier molecular flexibility index (Phi) is 5.18. The highest BCUT2D eigenvalue weighted by Gasteiger charge is 2.37. The molecule has 1 amide bonds. The molecular formula is C13H23NO5S. The molecule has 116 valence electrons. The normalized spacial score (nSPS) is 23.9. The molecule has 1 rings (SSSR count). The van der Waals surface area contributed by atoms with Crippen LogP contribution in [-0.4, -0.2) is 42.4 Å². The fourth-order valence-electron chi connectivity index (χ4n) is 2.26. The van der Waals surface area contributed by atoms with Gasteiger partial charge in [-0.2, -0.15) is 0 Å². The smallest absolute Gasteiger partial charge is 0.305 e. The molecule has 1 fully saturated rings. The molecule has 0 aromatic rings. The van der Waals surface area contributed by atoms with Gasteiger partial charge in [-0.05, 0) is 18.3 Å². The summed E-state index contributed by atoms with van der Waals surface area (Å²) in [6, 6.07) is -0.593. The minimum Gasteiger partial charge on any atom is -0.481 e. The van der Waals surface area contributed by atoms with Crippen molar-refractivity contribution in [2.45, 2.75) is 57.7 Å². The van der Waals surface area contributed by atoms with Gasteiger partial charge in [0.25, 0.3) is 0 Å². The number of hydrogen-bond donors (Lipinski definition) is 2. The van der Waals surface area contributed by atoms with Crippen molar-refractivity contribution in [2.75, 3.05) is 5.75 Å². The molecule has 0 saturated carbocycles. The van der Waals surface area contributed by atoms with Crippen LogP contribution < -0.4 is 5.32 Å². The molecule has 2 atom stereocenters. The average molecular weight is 305 g/mol. The van der Waals surface area contributed by atoms with Crippen LogP contribution in [0.1, 0.15) is 46.5 Å². The average Bonchev–Trinajstić information content (AvgIpc) is 2.25. The Morgan fingerprint density at radius 1 is 1.30 bits per heavy atom. The first kappa shape index (κ1) is 16.9. The Hall–Kier alpha value is -1.11. The van der Waals surface area contributed by atoms with E-state index in [0.29, 0.717) is 19.3 Å². The van der Waals surface area contributed by atoms with Gasteiger partial charge in [0.15, 0.2) is 9.84 Å². The topological polar surface area (TPSA) is 101 Å². The second-order valence-corrected chi connectivity index (χ2v) is 8.68. The van der Waals surface area contributed by atoms with Gasteiger partial charge in [-0.15, -0.1) is 0 Å². The number of nitrogens with one attached hydrogen (secondary N) is 1. The van der Waals surface area contributed by atoms with E-state index in [1.165, 1.54) is 0 Å². The van der Waals surface area contributed by atoms with E-state index in [1.54, 1.807) is 0 Å². The lowest BCUT2D eigenvalue weighted by Crippen LogP contribution is -2.51. The first-order valence-corrected chi connectivity index (χ1v) is 8.49. The Labute approximate surface area is 119 Å². The van der Waals surface area contributed by atoms with Gasteiger partial charge in [0.1, 0.15) is 5.25 Å². The summed E-state index contributed by atoms with van der Waals surface area (Å²) in [6.07, 6.45) is 1.39. The summed E-state index contributed by atoms with van der Waals surface area (Å²) in [5, 5.41) is 10.5. The van der Waals surface area contributed by atoms with E-state index in [-0.39, 0.29) is 12.2 Å². The van der Waals surface area contributed by atoms with Gasteiger partial charge in [-0.3, -0.25) is 9.59 Å². The number of carbonyl (C=O) groups is 2. The quantitative estimate of drug-likeness (QED) is 0.805. The third-order valence-electron chi connectivity index (χ3n) is 3.61. The van der Waals surface area contributed by atoms with E-state index in [4.69, 9.17) is 5.11 Å². The third kappa shape index (κ3) is 4.47. The predicted molar refractivity (Wildman–Crippen MR) is 75.1 cm³/mol. The van der Waals surface area contributed by atoms with Crippen LogP contribution in [-0.2, 0) is 19.4 Å². The summed E-state index contributed by atoms with van der Waals surface area (Å²) < 4.78 is 23.8. The van der Waals surface area contributed by atoms with E-state index in [9.17, 15) is 18.0 Å². The van der Waals surface area contributed by atoms with E-state index in [1.807, 2.05) is 20.8 Å². The van der Waals surface area contributed by atoms with Crippen molar-refractivity contribution in [1.29, 1.82) is 0 Å². The number of amides is 1. The summed E-state index contributed by atoms with van der Waals surface area (Å²) >= 11 is 0. The largest absolute Gasteiger partial charge is 0.481 e. The molecule has 2 N–H and O–H groups in total. The lowest BCUT2D eigenvalue weighted by atomic mass is 9.84. The molecule has 6 nitrogen and oxygen atoms in total. The minimum absolute atomic E-state index is 0.0319. The first-order valence-electron chi connectivity index (χ1n) is 6.78. The van der Waals surface area contributed by atoms with Crippen LogP contribution in [0, 0.1) is 5.41 Å². The fraction of sp³-hybridized carbons (Fsp3) is 0.846. The highest BCUT2D eigenvalue weighted by Crippen LogP contribution is 2.24. The minimum atomic E-state index is -3.40. The standard InChI is InChI=1S/C13H23NO5S/c1-13(2,3)10(8-11(15)16)14-12(17)9-6-4-5-7-20(9,18)19/h9-10H,4-8H2,1-3H3,(H,14,17)(H,15,16). The van der Waals surface area contributed by atoms with Crippen LogP contribution in [0.5, 0.6) is 0 Å². The van der Waals surface area contributed by atoms with Crippen LogP contribution in [0.2, 0.25) is 0 Å². The third-order valence-corrected chi connectivity index (χ3v) is 5.79. The summed E-state index contributed by atoms with van der Waals surface area (Å²) in [5.74, 6) is -1.55. The fourth-order valence-corrected chi connectivity index (χ4v) is 4.07. The molecular weight excluding hydrogens is 282 g/mol. The van der Waals surface area contributed by atoms with Crippen molar-refractivity contribution in [2.24, 2.45) is 5.41 Å². The zero-order valence-electron chi connectivity index (χ0n) is 12.2. The van der Waals surface area contributed by atoms with Gasteiger partial charge in [-0.25, -0.2) is 8.42 Å². The highest BCUT2D eigenvalue weighted by atomic mass is 32.2. The van der Waals surface area contributed by atoms with Gasteiger partial charge in [0.2, 0.25) is 5.91 Å². The molecule has 2 unspecified atom stereocenters. The SMILES string of the molecule is CC(C)(C)C(CC(=O)O)NC(=O)C1CCCCS1(=O)=O. The second-order valence-electron chi connectivity index (χ2n) is 6.38. The van der Waals surface area contributed by atoms with Crippen molar-refractivity contribution in [3.8, 4) is 0 Å².